The molecule has 2 aliphatic rings. The Balaban J connectivity index is 0.00000225. The maximum atomic E-state index is 4.03. The maximum Gasteiger partial charge on any atom is 3.00 e. The van der Waals surface area contributed by atoms with Crippen LogP contribution in [-0.4, -0.2) is 0 Å². The third-order valence-electron chi connectivity index (χ3n) is 10.1. The summed E-state index contributed by atoms with van der Waals surface area (Å²) in [5.74, 6) is 0.363. The van der Waals surface area contributed by atoms with E-state index < -0.39 is 0 Å². The minimum atomic E-state index is -0.128. The molecule has 0 bridgehead atoms. The van der Waals surface area contributed by atoms with Crippen LogP contribution in [0, 0.1) is 25.2 Å². The fourth-order valence-electron chi connectivity index (χ4n) is 7.38. The van der Waals surface area contributed by atoms with Crippen molar-refractivity contribution >= 4 is 17.2 Å². The summed E-state index contributed by atoms with van der Waals surface area (Å²) in [5.41, 5.74) is 17.2. The molecule has 6 rings (SSSR count). The standard InChI is InChI=1S/C47H53.2ClH.Zr/c1-13-31-24-36(46(7,8)9)27-38(31)43-40-26-34-25-35(45(4,5)6)22-23-37(34)39(40)28-41(44(43)47(10,11)12)42(32-18-14-29(2)15-19-32)33-20-16-30(3)17-21-33;;;/h14-25,27-28,31H,13H2,1-12H3;2*1H;/q-1;;;+3/p-2. The molecule has 0 heterocycles. The molecule has 4 aromatic carbocycles. The molecular weight excluding hydrogens is 727 g/mol. The molecule has 0 aliphatic heterocycles. The zero-order valence-electron chi connectivity index (χ0n) is 32.1. The van der Waals surface area contributed by atoms with Gasteiger partial charge < -0.3 is 24.8 Å². The summed E-state index contributed by atoms with van der Waals surface area (Å²) in [5, 5.41) is 2.59. The number of aryl methyl sites for hydroxylation is 2. The van der Waals surface area contributed by atoms with Crippen LogP contribution >= 0.6 is 0 Å². The summed E-state index contributed by atoms with van der Waals surface area (Å²) in [6.07, 6.45) is 10.2. The molecule has 1 radical (unpaired) electrons. The van der Waals surface area contributed by atoms with Gasteiger partial charge >= 0.3 is 26.2 Å². The molecule has 3 heteroatoms. The number of hydrogen-bond donors (Lipinski definition) is 0. The molecular formula is C47H53Cl2Zr. The summed E-state index contributed by atoms with van der Waals surface area (Å²) in [6, 6.07) is 27.9. The molecule has 0 spiro atoms. The van der Waals surface area contributed by atoms with Crippen LogP contribution in [0.4, 0.5) is 0 Å². The zero-order chi connectivity index (χ0) is 34.1. The summed E-state index contributed by atoms with van der Waals surface area (Å²) in [6.45, 7) is 27.8. The van der Waals surface area contributed by atoms with Crippen LogP contribution in [0.2, 0.25) is 0 Å². The molecule has 4 aromatic rings. The molecule has 0 aromatic heterocycles. The topological polar surface area (TPSA) is 0 Å². The predicted molar refractivity (Wildman–Crippen MR) is 204 cm³/mol. The van der Waals surface area contributed by atoms with Gasteiger partial charge in [0.05, 0.1) is 0 Å². The van der Waals surface area contributed by atoms with Gasteiger partial charge in [0.15, 0.2) is 0 Å². The van der Waals surface area contributed by atoms with Crippen molar-refractivity contribution in [2.75, 3.05) is 0 Å². The molecule has 0 fully saturated rings. The van der Waals surface area contributed by atoms with E-state index in [9.17, 15) is 0 Å². The number of hydrogen-bond acceptors (Lipinski definition) is 0. The van der Waals surface area contributed by atoms with E-state index in [1.165, 1.54) is 82.8 Å². The Hall–Kier alpha value is -2.44. The molecule has 0 saturated carbocycles. The second-order valence-corrected chi connectivity index (χ2v) is 17.1. The quantitative estimate of drug-likeness (QED) is 0.220. The van der Waals surface area contributed by atoms with Gasteiger partial charge in [0.1, 0.15) is 0 Å². The second kappa shape index (κ2) is 15.3. The van der Waals surface area contributed by atoms with Gasteiger partial charge in [-0.3, -0.25) is 0 Å². The van der Waals surface area contributed by atoms with E-state index in [2.05, 4.69) is 174 Å². The Labute approximate surface area is 334 Å². The van der Waals surface area contributed by atoms with Crippen molar-refractivity contribution in [1.29, 1.82) is 0 Å². The SMILES string of the molecule is CCC1C=C(C(C)(C)C)C=C1c1c(C(C)(C)C)c(=C(c2ccc(C)cc2)c2ccc(C)cc2)cc2c1=[C-]c1cc(C(C)(C)C)ccc1-2.[Cl-].[Cl-].[Zr+3]. The molecule has 0 amide bonds. The Morgan fingerprint density at radius 3 is 1.66 bits per heavy atom. The monoisotopic (exact) mass is 777 g/mol. The van der Waals surface area contributed by atoms with Crippen molar-refractivity contribution in [3.63, 3.8) is 0 Å². The molecule has 50 heavy (non-hydrogen) atoms. The Morgan fingerprint density at radius 1 is 0.660 bits per heavy atom. The van der Waals surface area contributed by atoms with Gasteiger partial charge in [-0.15, -0.1) is 34.1 Å². The number of fused-ring (bicyclic) bond motifs is 3. The Kier molecular flexibility index (Phi) is 12.8. The van der Waals surface area contributed by atoms with E-state index in [0.29, 0.717) is 5.92 Å². The van der Waals surface area contributed by atoms with Crippen LogP contribution in [0.25, 0.3) is 28.3 Å². The molecule has 0 N–H and O–H groups in total. The van der Waals surface area contributed by atoms with Crippen LogP contribution in [-0.2, 0) is 37.0 Å². The smallest absolute Gasteiger partial charge is 1.00 e. The molecule has 0 saturated heterocycles. The van der Waals surface area contributed by atoms with E-state index in [1.807, 2.05) is 0 Å². The number of allylic oxidation sites excluding steroid dienone is 4. The van der Waals surface area contributed by atoms with Gasteiger partial charge in [-0.2, -0.15) is 0 Å². The Bertz CT molecular complexity index is 2010. The van der Waals surface area contributed by atoms with Crippen LogP contribution < -0.4 is 35.3 Å². The van der Waals surface area contributed by atoms with Crippen molar-refractivity contribution in [2.24, 2.45) is 11.3 Å². The summed E-state index contributed by atoms with van der Waals surface area (Å²) in [4.78, 5) is 0. The summed E-state index contributed by atoms with van der Waals surface area (Å²) in [7, 11) is 0. The van der Waals surface area contributed by atoms with Gasteiger partial charge in [-0.25, -0.2) is 0 Å². The van der Waals surface area contributed by atoms with Gasteiger partial charge in [0, 0.05) is 0 Å². The third-order valence-corrected chi connectivity index (χ3v) is 10.1. The van der Waals surface area contributed by atoms with Crippen molar-refractivity contribution in [2.45, 2.75) is 100 Å². The van der Waals surface area contributed by atoms with Gasteiger partial charge in [0.2, 0.25) is 0 Å². The minimum absolute atomic E-state index is 0. The van der Waals surface area contributed by atoms with Gasteiger partial charge in [0.25, 0.3) is 0 Å². The van der Waals surface area contributed by atoms with Crippen molar-refractivity contribution < 1.29 is 51.0 Å². The first-order valence-corrected chi connectivity index (χ1v) is 17.6. The first-order valence-electron chi connectivity index (χ1n) is 17.6. The average Bonchev–Trinajstić information content (AvgIpc) is 3.59. The van der Waals surface area contributed by atoms with Crippen LogP contribution in [0.5, 0.6) is 0 Å². The predicted octanol–water partition coefficient (Wildman–Crippen LogP) is 5.23. The van der Waals surface area contributed by atoms with Crippen molar-refractivity contribution in [1.82, 2.24) is 0 Å². The molecule has 1 atom stereocenters. The third kappa shape index (κ3) is 7.97. The average molecular weight is 780 g/mol. The zero-order valence-corrected chi connectivity index (χ0v) is 36.1. The molecule has 2 aliphatic carbocycles. The number of halogens is 2. The summed E-state index contributed by atoms with van der Waals surface area (Å²) < 4.78 is 0. The van der Waals surface area contributed by atoms with Crippen molar-refractivity contribution in [3.05, 3.63) is 145 Å². The first kappa shape index (κ1) is 42.0. The first-order chi connectivity index (χ1) is 22.0. The molecule has 1 unspecified atom stereocenters. The normalized spacial score (nSPS) is 15.0. The fourth-order valence-corrected chi connectivity index (χ4v) is 7.38. The molecule has 0 nitrogen and oxygen atoms in total. The van der Waals surface area contributed by atoms with Gasteiger partial charge in [-0.05, 0) is 69.9 Å². The Morgan fingerprint density at radius 2 is 1.20 bits per heavy atom. The number of rotatable bonds is 4. The molecule has 259 valence electrons. The van der Waals surface area contributed by atoms with Gasteiger partial charge in [-0.1, -0.05) is 182 Å². The van der Waals surface area contributed by atoms with E-state index in [1.54, 1.807) is 0 Å². The maximum absolute atomic E-state index is 4.03. The van der Waals surface area contributed by atoms with Crippen LogP contribution in [0.1, 0.15) is 120 Å². The fraction of sp³-hybridized carbons (Fsp3) is 0.362. The van der Waals surface area contributed by atoms with Crippen LogP contribution in [0.15, 0.2) is 90.5 Å². The second-order valence-electron chi connectivity index (χ2n) is 17.1. The van der Waals surface area contributed by atoms with E-state index in [4.69, 9.17) is 0 Å². The van der Waals surface area contributed by atoms with E-state index in [-0.39, 0.29) is 67.3 Å². The minimum Gasteiger partial charge on any atom is -1.00 e. The van der Waals surface area contributed by atoms with E-state index >= 15 is 0 Å². The van der Waals surface area contributed by atoms with Crippen molar-refractivity contribution in [3.8, 4) is 11.1 Å². The summed E-state index contributed by atoms with van der Waals surface area (Å²) >= 11 is 0. The largest absolute Gasteiger partial charge is 3.00 e. The van der Waals surface area contributed by atoms with E-state index in [0.717, 1.165) is 6.42 Å². The van der Waals surface area contributed by atoms with Crippen LogP contribution in [0.3, 0.4) is 0 Å². The number of benzene rings is 4.